The third-order valence-corrected chi connectivity index (χ3v) is 7.26. The zero-order valence-corrected chi connectivity index (χ0v) is 17.6. The SMILES string of the molecule is Nc1nc2c(c(C(=O)N3CCC4(CC3)OCCc3c4[nH]c4ccccc34)n1)CCCC2. The summed E-state index contributed by atoms with van der Waals surface area (Å²) in [4.78, 5) is 27.7. The predicted octanol–water partition coefficient (Wildman–Crippen LogP) is 3.12. The van der Waals surface area contributed by atoms with Crippen molar-refractivity contribution in [1.82, 2.24) is 19.9 Å². The molecule has 160 valence electrons. The molecule has 3 aliphatic rings. The summed E-state index contributed by atoms with van der Waals surface area (Å²) < 4.78 is 6.39. The molecule has 1 aliphatic carbocycles. The fourth-order valence-corrected chi connectivity index (χ4v) is 5.67. The fourth-order valence-electron chi connectivity index (χ4n) is 5.67. The van der Waals surface area contributed by atoms with E-state index in [-0.39, 0.29) is 17.5 Å². The summed E-state index contributed by atoms with van der Waals surface area (Å²) in [5, 5.41) is 1.29. The maximum Gasteiger partial charge on any atom is 0.272 e. The number of carbonyl (C=O) groups is 1. The molecule has 6 rings (SSSR count). The van der Waals surface area contributed by atoms with Gasteiger partial charge in [-0.15, -0.1) is 0 Å². The molecule has 0 bridgehead atoms. The number of nitrogens with zero attached hydrogens (tertiary/aromatic N) is 3. The molecule has 1 fully saturated rings. The minimum absolute atomic E-state index is 0.0187. The van der Waals surface area contributed by atoms with Crippen LogP contribution in [0.4, 0.5) is 5.95 Å². The van der Waals surface area contributed by atoms with Crippen LogP contribution in [-0.2, 0) is 29.6 Å². The topological polar surface area (TPSA) is 97.1 Å². The van der Waals surface area contributed by atoms with Gasteiger partial charge in [-0.3, -0.25) is 4.79 Å². The number of aromatic amines is 1. The molecule has 31 heavy (non-hydrogen) atoms. The molecule has 0 saturated carbocycles. The van der Waals surface area contributed by atoms with E-state index in [1.807, 2.05) is 4.90 Å². The number of carbonyl (C=O) groups excluding carboxylic acids is 1. The van der Waals surface area contributed by atoms with Gasteiger partial charge in [-0.05, 0) is 56.6 Å². The lowest BCUT2D eigenvalue weighted by atomic mass is 9.83. The first-order valence-electron chi connectivity index (χ1n) is 11.3. The zero-order valence-electron chi connectivity index (χ0n) is 17.6. The van der Waals surface area contributed by atoms with Crippen LogP contribution < -0.4 is 5.73 Å². The van der Waals surface area contributed by atoms with Gasteiger partial charge in [0, 0.05) is 35.2 Å². The molecule has 3 N–H and O–H groups in total. The van der Waals surface area contributed by atoms with Gasteiger partial charge < -0.3 is 20.4 Å². The highest BCUT2D eigenvalue weighted by Crippen LogP contribution is 2.43. The van der Waals surface area contributed by atoms with Gasteiger partial charge in [-0.2, -0.15) is 0 Å². The Bertz CT molecular complexity index is 1180. The number of nitrogen functional groups attached to an aromatic ring is 1. The van der Waals surface area contributed by atoms with Gasteiger partial charge >= 0.3 is 0 Å². The molecule has 4 heterocycles. The fraction of sp³-hybridized carbons (Fsp3) is 0.458. The lowest BCUT2D eigenvalue weighted by molar-refractivity contribution is -0.0958. The van der Waals surface area contributed by atoms with Crippen LogP contribution >= 0.6 is 0 Å². The summed E-state index contributed by atoms with van der Waals surface area (Å²) in [6, 6.07) is 8.47. The van der Waals surface area contributed by atoms with Crippen LogP contribution in [-0.4, -0.2) is 45.5 Å². The Morgan fingerprint density at radius 3 is 2.74 bits per heavy atom. The molecule has 2 aromatic heterocycles. The number of anilines is 1. The largest absolute Gasteiger partial charge is 0.368 e. The summed E-state index contributed by atoms with van der Waals surface area (Å²) in [6.45, 7) is 2.01. The normalized spacial score (nSPS) is 19.9. The number of aryl methyl sites for hydroxylation is 1. The molecule has 2 aliphatic heterocycles. The van der Waals surface area contributed by atoms with E-state index in [1.165, 1.54) is 22.2 Å². The van der Waals surface area contributed by atoms with E-state index in [0.29, 0.717) is 18.8 Å². The number of hydrogen-bond acceptors (Lipinski definition) is 5. The highest BCUT2D eigenvalue weighted by Gasteiger charge is 2.44. The molecule has 0 radical (unpaired) electrons. The van der Waals surface area contributed by atoms with Crippen molar-refractivity contribution in [3.8, 4) is 0 Å². The summed E-state index contributed by atoms with van der Waals surface area (Å²) >= 11 is 0. The first-order valence-corrected chi connectivity index (χ1v) is 11.3. The highest BCUT2D eigenvalue weighted by atomic mass is 16.5. The Morgan fingerprint density at radius 1 is 1.06 bits per heavy atom. The van der Waals surface area contributed by atoms with Gasteiger partial charge in [0.05, 0.1) is 12.3 Å². The lowest BCUT2D eigenvalue weighted by Crippen LogP contribution is -2.48. The number of para-hydroxylation sites is 1. The monoisotopic (exact) mass is 417 g/mol. The average Bonchev–Trinajstić information content (AvgIpc) is 3.19. The van der Waals surface area contributed by atoms with Gasteiger partial charge in [-0.25, -0.2) is 9.97 Å². The number of amides is 1. The number of H-pyrrole nitrogens is 1. The van der Waals surface area contributed by atoms with Crippen molar-refractivity contribution in [2.75, 3.05) is 25.4 Å². The Balaban J connectivity index is 1.28. The molecule has 1 aromatic carbocycles. The maximum atomic E-state index is 13.4. The van der Waals surface area contributed by atoms with Crippen molar-refractivity contribution in [1.29, 1.82) is 0 Å². The lowest BCUT2D eigenvalue weighted by Gasteiger charge is -2.43. The molecule has 1 amide bonds. The third kappa shape index (κ3) is 2.94. The molecule has 7 nitrogen and oxygen atoms in total. The van der Waals surface area contributed by atoms with E-state index in [2.05, 4.69) is 39.2 Å². The van der Waals surface area contributed by atoms with E-state index < -0.39 is 0 Å². The van der Waals surface area contributed by atoms with Gasteiger partial charge in [-0.1, -0.05) is 18.2 Å². The van der Waals surface area contributed by atoms with Crippen LogP contribution in [0.15, 0.2) is 24.3 Å². The van der Waals surface area contributed by atoms with Gasteiger partial charge in [0.1, 0.15) is 11.3 Å². The van der Waals surface area contributed by atoms with Crippen LogP contribution in [0.2, 0.25) is 0 Å². The minimum atomic E-state index is -0.340. The highest BCUT2D eigenvalue weighted by molar-refractivity contribution is 5.94. The summed E-state index contributed by atoms with van der Waals surface area (Å²) in [7, 11) is 0. The maximum absolute atomic E-state index is 13.4. The molecular weight excluding hydrogens is 390 g/mol. The molecular formula is C24H27N5O2. The summed E-state index contributed by atoms with van der Waals surface area (Å²) in [5.41, 5.74) is 11.8. The second kappa shape index (κ2) is 7.05. The van der Waals surface area contributed by atoms with Gasteiger partial charge in [0.25, 0.3) is 5.91 Å². The van der Waals surface area contributed by atoms with Crippen LogP contribution in [0.25, 0.3) is 10.9 Å². The second-order valence-corrected chi connectivity index (χ2v) is 8.97. The van der Waals surface area contributed by atoms with Crippen molar-refractivity contribution >= 4 is 22.8 Å². The quantitative estimate of drug-likeness (QED) is 0.634. The summed E-state index contributed by atoms with van der Waals surface area (Å²) in [5.74, 6) is 0.186. The summed E-state index contributed by atoms with van der Waals surface area (Å²) in [6.07, 6.45) is 6.38. The molecule has 1 saturated heterocycles. The van der Waals surface area contributed by atoms with Crippen molar-refractivity contribution < 1.29 is 9.53 Å². The molecule has 7 heteroatoms. The standard InChI is InChI=1S/C24H27N5O2/c25-23-27-19-8-4-2-6-17(19)20(28-23)22(30)29-12-10-24(11-13-29)21-16(9-14-31-24)15-5-1-3-7-18(15)26-21/h1,3,5,7,26H,2,4,6,8-14H2,(H2,25,27,28). The number of nitrogens with one attached hydrogen (secondary N) is 1. The van der Waals surface area contributed by atoms with E-state index >= 15 is 0 Å². The molecule has 0 unspecified atom stereocenters. The number of nitrogens with two attached hydrogens (primary N) is 1. The third-order valence-electron chi connectivity index (χ3n) is 7.26. The Labute approximate surface area is 181 Å². The minimum Gasteiger partial charge on any atom is -0.368 e. The van der Waals surface area contributed by atoms with Crippen molar-refractivity contribution in [3.63, 3.8) is 0 Å². The van der Waals surface area contributed by atoms with Gasteiger partial charge in [0.15, 0.2) is 0 Å². The number of aromatic nitrogens is 3. The number of likely N-dealkylation sites (tertiary alicyclic amines) is 1. The van der Waals surface area contributed by atoms with Crippen LogP contribution in [0.1, 0.15) is 58.7 Å². The first kappa shape index (κ1) is 18.8. The Hall–Kier alpha value is -2.93. The second-order valence-electron chi connectivity index (χ2n) is 8.97. The number of rotatable bonds is 1. The Morgan fingerprint density at radius 2 is 1.87 bits per heavy atom. The van der Waals surface area contributed by atoms with Crippen LogP contribution in [0.5, 0.6) is 0 Å². The molecule has 1 spiro atoms. The molecule has 3 aromatic rings. The number of fused-ring (bicyclic) bond motifs is 5. The van der Waals surface area contributed by atoms with Gasteiger partial charge in [0.2, 0.25) is 5.95 Å². The van der Waals surface area contributed by atoms with E-state index in [4.69, 9.17) is 10.5 Å². The van der Waals surface area contributed by atoms with Crippen molar-refractivity contribution in [2.24, 2.45) is 0 Å². The predicted molar refractivity (Wildman–Crippen MR) is 118 cm³/mol. The number of benzene rings is 1. The van der Waals surface area contributed by atoms with E-state index in [1.54, 1.807) is 0 Å². The Kier molecular flexibility index (Phi) is 4.28. The number of piperidine rings is 1. The molecule has 0 atom stereocenters. The zero-order chi connectivity index (χ0) is 21.0. The number of ether oxygens (including phenoxy) is 1. The van der Waals surface area contributed by atoms with E-state index in [9.17, 15) is 4.79 Å². The average molecular weight is 418 g/mol. The van der Waals surface area contributed by atoms with Crippen LogP contribution in [0, 0.1) is 0 Å². The van der Waals surface area contributed by atoms with Crippen LogP contribution in [0.3, 0.4) is 0 Å². The van der Waals surface area contributed by atoms with Crippen molar-refractivity contribution in [2.45, 2.75) is 50.5 Å². The smallest absolute Gasteiger partial charge is 0.272 e. The van der Waals surface area contributed by atoms with E-state index in [0.717, 1.165) is 62.8 Å². The van der Waals surface area contributed by atoms with Crippen molar-refractivity contribution in [3.05, 3.63) is 52.5 Å². The first-order chi connectivity index (χ1) is 15.1. The number of hydrogen-bond donors (Lipinski definition) is 2.